The van der Waals surface area contributed by atoms with Crippen LogP contribution in [0.1, 0.15) is 24.2 Å². The molecule has 1 aromatic rings. The lowest BCUT2D eigenvalue weighted by molar-refractivity contribution is -0.157. The Morgan fingerprint density at radius 3 is 2.10 bits per heavy atom. The topological polar surface area (TPSA) is 108 Å². The Morgan fingerprint density at radius 2 is 1.62 bits per heavy atom. The minimum Gasteiger partial charge on any atom is -0.464 e. The van der Waals surface area contributed by atoms with E-state index in [0.717, 1.165) is 0 Å². The number of ether oxygens (including phenoxy) is 2. The monoisotopic (exact) mass is 294 g/mol. The zero-order valence-electron chi connectivity index (χ0n) is 11.9. The molecule has 0 spiro atoms. The number of amides is 1. The van der Waals surface area contributed by atoms with Crippen molar-refractivity contribution < 1.29 is 23.9 Å². The van der Waals surface area contributed by atoms with E-state index in [-0.39, 0.29) is 24.5 Å². The van der Waals surface area contributed by atoms with Crippen molar-refractivity contribution in [2.24, 2.45) is 0 Å². The summed E-state index contributed by atoms with van der Waals surface area (Å²) < 4.78 is 9.51. The maximum atomic E-state index is 12.1. The van der Waals surface area contributed by atoms with Crippen molar-refractivity contribution in [3.8, 4) is 0 Å². The van der Waals surface area contributed by atoms with Gasteiger partial charge in [0.15, 0.2) is 0 Å². The smallest absolute Gasteiger partial charge is 0.340 e. The van der Waals surface area contributed by atoms with Crippen molar-refractivity contribution >= 4 is 23.5 Å². The van der Waals surface area contributed by atoms with Crippen molar-refractivity contribution in [2.45, 2.75) is 19.9 Å². The molecule has 21 heavy (non-hydrogen) atoms. The quantitative estimate of drug-likeness (QED) is 0.449. The van der Waals surface area contributed by atoms with Crippen LogP contribution in [0.25, 0.3) is 0 Å². The Bertz CT molecular complexity index is 512. The van der Waals surface area contributed by atoms with Crippen LogP contribution in [0.4, 0.5) is 5.69 Å². The number of nitrogens with two attached hydrogens (primary N) is 1. The second-order valence-corrected chi connectivity index (χ2v) is 4.00. The summed E-state index contributed by atoms with van der Waals surface area (Å²) in [6, 6.07) is 4.79. The van der Waals surface area contributed by atoms with E-state index >= 15 is 0 Å². The number of nitrogen functional groups attached to an aromatic ring is 1. The first kappa shape index (κ1) is 16.5. The van der Waals surface area contributed by atoms with Gasteiger partial charge in [-0.1, -0.05) is 12.1 Å². The van der Waals surface area contributed by atoms with Gasteiger partial charge in [-0.2, -0.15) is 0 Å². The number of rotatable bonds is 6. The molecule has 0 radical (unpaired) electrons. The molecule has 1 aromatic carbocycles. The second kappa shape index (κ2) is 7.88. The van der Waals surface area contributed by atoms with Crippen molar-refractivity contribution in [2.75, 3.05) is 18.9 Å². The van der Waals surface area contributed by atoms with E-state index in [2.05, 4.69) is 5.32 Å². The van der Waals surface area contributed by atoms with Gasteiger partial charge in [0.1, 0.15) is 0 Å². The predicted octanol–water partition coefficient (Wildman–Crippen LogP) is 0.493. The van der Waals surface area contributed by atoms with Crippen LogP contribution in [0, 0.1) is 0 Å². The van der Waals surface area contributed by atoms with Gasteiger partial charge in [0.05, 0.1) is 18.8 Å². The van der Waals surface area contributed by atoms with Crippen molar-refractivity contribution in [3.63, 3.8) is 0 Å². The molecule has 0 saturated carbocycles. The fourth-order valence-corrected chi connectivity index (χ4v) is 1.58. The first-order valence-electron chi connectivity index (χ1n) is 6.49. The van der Waals surface area contributed by atoms with E-state index in [9.17, 15) is 14.4 Å². The Labute approximate surface area is 122 Å². The van der Waals surface area contributed by atoms with Crippen LogP contribution in [0.15, 0.2) is 24.3 Å². The fourth-order valence-electron chi connectivity index (χ4n) is 1.58. The molecule has 0 aliphatic rings. The van der Waals surface area contributed by atoms with Gasteiger partial charge in [-0.25, -0.2) is 9.59 Å². The molecule has 0 aliphatic carbocycles. The number of carbonyl (C=O) groups excluding carboxylic acids is 3. The summed E-state index contributed by atoms with van der Waals surface area (Å²) in [4.78, 5) is 35.6. The molecular weight excluding hydrogens is 276 g/mol. The van der Waals surface area contributed by atoms with Gasteiger partial charge in [-0.3, -0.25) is 4.79 Å². The zero-order valence-corrected chi connectivity index (χ0v) is 11.9. The van der Waals surface area contributed by atoms with Gasteiger partial charge in [0, 0.05) is 5.69 Å². The van der Waals surface area contributed by atoms with E-state index in [1.165, 1.54) is 6.07 Å². The lowest BCUT2D eigenvalue weighted by Gasteiger charge is -2.16. The number of anilines is 1. The largest absolute Gasteiger partial charge is 0.464 e. The van der Waals surface area contributed by atoms with Crippen LogP contribution in [0.3, 0.4) is 0 Å². The molecule has 0 aliphatic heterocycles. The van der Waals surface area contributed by atoms with Gasteiger partial charge >= 0.3 is 11.9 Å². The van der Waals surface area contributed by atoms with Crippen LogP contribution in [-0.2, 0) is 19.1 Å². The Hall–Kier alpha value is -2.57. The summed E-state index contributed by atoms with van der Waals surface area (Å²) in [5, 5.41) is 2.28. The number of para-hydroxylation sites is 1. The molecule has 3 N–H and O–H groups in total. The van der Waals surface area contributed by atoms with E-state index in [1.807, 2.05) is 0 Å². The Balaban J connectivity index is 2.90. The Kier molecular flexibility index (Phi) is 6.19. The zero-order chi connectivity index (χ0) is 15.8. The van der Waals surface area contributed by atoms with Crippen molar-refractivity contribution in [3.05, 3.63) is 29.8 Å². The third-order valence-electron chi connectivity index (χ3n) is 2.53. The minimum atomic E-state index is -1.52. The number of esters is 2. The number of hydrogen-bond acceptors (Lipinski definition) is 6. The number of nitrogens with one attached hydrogen (secondary N) is 1. The number of benzene rings is 1. The summed E-state index contributed by atoms with van der Waals surface area (Å²) in [7, 11) is 0. The molecule has 7 nitrogen and oxygen atoms in total. The summed E-state index contributed by atoms with van der Waals surface area (Å²) in [5.41, 5.74) is 6.07. The van der Waals surface area contributed by atoms with Crippen LogP contribution in [-0.4, -0.2) is 37.1 Å². The summed E-state index contributed by atoms with van der Waals surface area (Å²) in [6.45, 7) is 3.35. The highest BCUT2D eigenvalue weighted by atomic mass is 16.6. The van der Waals surface area contributed by atoms with Gasteiger partial charge in [0.25, 0.3) is 5.91 Å². The summed E-state index contributed by atoms with van der Waals surface area (Å²) >= 11 is 0. The van der Waals surface area contributed by atoms with E-state index in [0.29, 0.717) is 0 Å². The molecule has 0 saturated heterocycles. The summed E-state index contributed by atoms with van der Waals surface area (Å²) in [6.07, 6.45) is 0. The third kappa shape index (κ3) is 4.48. The lowest BCUT2D eigenvalue weighted by Crippen LogP contribution is -2.48. The molecule has 7 heteroatoms. The normalized spacial score (nSPS) is 10.0. The van der Waals surface area contributed by atoms with Gasteiger partial charge in [-0.05, 0) is 26.0 Å². The highest BCUT2D eigenvalue weighted by Gasteiger charge is 2.31. The molecule has 0 fully saturated rings. The highest BCUT2D eigenvalue weighted by Crippen LogP contribution is 2.10. The molecular formula is C14H18N2O5. The minimum absolute atomic E-state index is 0.0814. The predicted molar refractivity (Wildman–Crippen MR) is 75.4 cm³/mol. The van der Waals surface area contributed by atoms with Crippen LogP contribution < -0.4 is 11.1 Å². The molecule has 0 heterocycles. The molecule has 0 aromatic heterocycles. The maximum Gasteiger partial charge on any atom is 0.340 e. The molecule has 0 bridgehead atoms. The van der Waals surface area contributed by atoms with Crippen molar-refractivity contribution in [1.29, 1.82) is 0 Å². The average molecular weight is 294 g/mol. The lowest BCUT2D eigenvalue weighted by atomic mass is 10.1. The fraction of sp³-hybridized carbons (Fsp3) is 0.357. The average Bonchev–Trinajstić information content (AvgIpc) is 2.45. The first-order valence-corrected chi connectivity index (χ1v) is 6.49. The van der Waals surface area contributed by atoms with E-state index < -0.39 is 23.9 Å². The third-order valence-corrected chi connectivity index (χ3v) is 2.53. The maximum absolute atomic E-state index is 12.1. The van der Waals surface area contributed by atoms with Crippen LogP contribution >= 0.6 is 0 Å². The van der Waals surface area contributed by atoms with Gasteiger partial charge in [-0.15, -0.1) is 0 Å². The van der Waals surface area contributed by atoms with Crippen LogP contribution in [0.5, 0.6) is 0 Å². The van der Waals surface area contributed by atoms with Crippen molar-refractivity contribution in [1.82, 2.24) is 5.32 Å². The van der Waals surface area contributed by atoms with E-state index in [4.69, 9.17) is 15.2 Å². The number of hydrogen-bond donors (Lipinski definition) is 2. The van der Waals surface area contributed by atoms with Gasteiger partial charge in [0.2, 0.25) is 6.04 Å². The molecule has 0 atom stereocenters. The van der Waals surface area contributed by atoms with Crippen LogP contribution in [0.2, 0.25) is 0 Å². The molecule has 0 unspecified atom stereocenters. The Morgan fingerprint density at radius 1 is 1.10 bits per heavy atom. The summed E-state index contributed by atoms with van der Waals surface area (Å²) in [5.74, 6) is -2.41. The van der Waals surface area contributed by atoms with Gasteiger partial charge < -0.3 is 20.5 Å². The first-order chi connectivity index (χ1) is 10.0. The van der Waals surface area contributed by atoms with E-state index in [1.54, 1.807) is 32.0 Å². The standard InChI is InChI=1S/C14H18N2O5/c1-3-20-13(18)11(14(19)21-4-2)16-12(17)9-7-5-6-8-10(9)15/h5-8,11H,3-4,15H2,1-2H3,(H,16,17). The molecule has 1 rings (SSSR count). The highest BCUT2D eigenvalue weighted by molar-refractivity contribution is 6.07. The molecule has 114 valence electrons. The SMILES string of the molecule is CCOC(=O)C(NC(=O)c1ccccc1N)C(=O)OCC. The molecule has 1 amide bonds. The second-order valence-electron chi connectivity index (χ2n) is 4.00. The number of carbonyl (C=O) groups is 3.